The number of aliphatic hydroxyl groups excluding tert-OH is 1. The molecule has 31 heavy (non-hydrogen) atoms. The highest BCUT2D eigenvalue weighted by Crippen LogP contribution is 2.34. The van der Waals surface area contributed by atoms with Gasteiger partial charge in [-0.05, 0) is 49.1 Å². The molecule has 2 aromatic rings. The lowest BCUT2D eigenvalue weighted by atomic mass is 9.96. The third-order valence-corrected chi connectivity index (χ3v) is 5.17. The van der Waals surface area contributed by atoms with Gasteiger partial charge in [-0.25, -0.2) is 13.2 Å². The molecule has 1 aliphatic rings. The van der Waals surface area contributed by atoms with E-state index in [2.05, 4.69) is 5.32 Å². The van der Waals surface area contributed by atoms with Crippen molar-refractivity contribution in [3.05, 3.63) is 65.0 Å². The second-order valence-electron chi connectivity index (χ2n) is 7.27. The number of rotatable bonds is 5. The van der Waals surface area contributed by atoms with Crippen LogP contribution in [0, 0.1) is 23.4 Å². The molecule has 2 aromatic carbocycles. The topological polar surface area (TPSA) is 69.6 Å². The summed E-state index contributed by atoms with van der Waals surface area (Å²) in [6.07, 6.45) is 0.689. The molecular weight excluding hydrogens is 423 g/mol. The molecule has 1 aliphatic heterocycles. The van der Waals surface area contributed by atoms with E-state index in [-0.39, 0.29) is 31.3 Å². The van der Waals surface area contributed by atoms with E-state index in [1.807, 2.05) is 0 Å². The number of carbonyl (C=O) groups excluding carboxylic acids is 2. The van der Waals surface area contributed by atoms with Crippen LogP contribution in [0.4, 0.5) is 27.6 Å². The van der Waals surface area contributed by atoms with Crippen LogP contribution >= 0.6 is 0 Å². The van der Waals surface area contributed by atoms with Crippen molar-refractivity contribution in [1.29, 1.82) is 0 Å². The van der Waals surface area contributed by atoms with E-state index in [1.165, 1.54) is 0 Å². The van der Waals surface area contributed by atoms with Gasteiger partial charge in [0, 0.05) is 37.0 Å². The van der Waals surface area contributed by atoms with E-state index in [1.54, 1.807) is 0 Å². The Labute approximate surface area is 174 Å². The lowest BCUT2D eigenvalue weighted by molar-refractivity contribution is -0.161. The molecule has 1 heterocycles. The molecule has 0 radical (unpaired) electrons. The molecule has 5 nitrogen and oxygen atoms in total. The quantitative estimate of drug-likeness (QED) is 0.695. The monoisotopic (exact) mass is 442 g/mol. The zero-order chi connectivity index (χ0) is 22.8. The largest absolute Gasteiger partial charge is 0.396 e. The maximum absolute atomic E-state index is 14.8. The van der Waals surface area contributed by atoms with Crippen LogP contribution < -0.4 is 5.32 Å². The third-order valence-electron chi connectivity index (χ3n) is 5.17. The molecule has 166 valence electrons. The first-order valence-electron chi connectivity index (χ1n) is 9.48. The summed E-state index contributed by atoms with van der Waals surface area (Å²) in [6, 6.07) is 4.66. The maximum Gasteiger partial charge on any atom is 0.352 e. The van der Waals surface area contributed by atoms with Crippen LogP contribution in [0.3, 0.4) is 0 Å². The molecular formula is C21H19F5N2O3. The van der Waals surface area contributed by atoms with Crippen molar-refractivity contribution in [3.63, 3.8) is 0 Å². The van der Waals surface area contributed by atoms with Gasteiger partial charge in [0.15, 0.2) is 11.6 Å². The number of piperidine rings is 1. The van der Waals surface area contributed by atoms with E-state index >= 15 is 0 Å². The minimum absolute atomic E-state index is 0.00240. The van der Waals surface area contributed by atoms with E-state index in [0.29, 0.717) is 31.0 Å². The Morgan fingerprint density at radius 3 is 2.26 bits per heavy atom. The summed E-state index contributed by atoms with van der Waals surface area (Å²) in [5.74, 6) is -10.6. The minimum atomic E-state index is -4.23. The number of hydrogen-bond acceptors (Lipinski definition) is 3. The molecule has 0 bridgehead atoms. The summed E-state index contributed by atoms with van der Waals surface area (Å²) in [7, 11) is 0. The Morgan fingerprint density at radius 2 is 1.65 bits per heavy atom. The highest BCUT2D eigenvalue weighted by molar-refractivity contribution is 6.04. The summed E-state index contributed by atoms with van der Waals surface area (Å²) in [6.45, 7) is -0.114. The molecule has 0 spiro atoms. The highest BCUT2D eigenvalue weighted by atomic mass is 19.3. The van der Waals surface area contributed by atoms with Crippen LogP contribution in [-0.2, 0) is 10.7 Å². The van der Waals surface area contributed by atoms with Gasteiger partial charge in [0.2, 0.25) is 0 Å². The lowest BCUT2D eigenvalue weighted by Gasteiger charge is -2.33. The van der Waals surface area contributed by atoms with Gasteiger partial charge < -0.3 is 15.3 Å². The molecule has 0 aromatic heterocycles. The number of halogens is 5. The molecule has 0 unspecified atom stereocenters. The van der Waals surface area contributed by atoms with Gasteiger partial charge in [0.1, 0.15) is 5.82 Å². The summed E-state index contributed by atoms with van der Waals surface area (Å²) >= 11 is 0. The fourth-order valence-corrected chi connectivity index (χ4v) is 3.32. The number of alkyl halides is 2. The van der Waals surface area contributed by atoms with Gasteiger partial charge in [-0.2, -0.15) is 8.78 Å². The van der Waals surface area contributed by atoms with Crippen molar-refractivity contribution < 1.29 is 36.6 Å². The van der Waals surface area contributed by atoms with E-state index < -0.39 is 46.3 Å². The minimum Gasteiger partial charge on any atom is -0.396 e. The first-order chi connectivity index (χ1) is 14.6. The van der Waals surface area contributed by atoms with Crippen LogP contribution in [0.25, 0.3) is 0 Å². The molecule has 2 amide bonds. The Morgan fingerprint density at radius 1 is 1.00 bits per heavy atom. The number of aliphatic hydroxyl groups is 1. The van der Waals surface area contributed by atoms with Crippen LogP contribution in [0.2, 0.25) is 0 Å². The van der Waals surface area contributed by atoms with Gasteiger partial charge in [-0.1, -0.05) is 0 Å². The first-order valence-corrected chi connectivity index (χ1v) is 9.48. The molecule has 3 rings (SSSR count). The van der Waals surface area contributed by atoms with Gasteiger partial charge in [0.25, 0.3) is 11.8 Å². The van der Waals surface area contributed by atoms with Crippen LogP contribution in [0.5, 0.6) is 0 Å². The molecule has 0 saturated carbocycles. The number of carbonyl (C=O) groups is 2. The SMILES string of the molecule is O=C(Nc1ccc(F)c(F)c1)c1ccc(F)c(C(F)(F)C(=O)N2CCC(CO)CC2)c1. The summed E-state index contributed by atoms with van der Waals surface area (Å²) in [5.41, 5.74) is -1.79. The van der Waals surface area contributed by atoms with Crippen molar-refractivity contribution in [2.24, 2.45) is 5.92 Å². The normalized spacial score (nSPS) is 15.1. The molecule has 0 atom stereocenters. The molecule has 2 N–H and O–H groups in total. The van der Waals surface area contributed by atoms with E-state index in [9.17, 15) is 31.5 Å². The van der Waals surface area contributed by atoms with Gasteiger partial charge in [-0.15, -0.1) is 0 Å². The fourth-order valence-electron chi connectivity index (χ4n) is 3.32. The molecule has 1 saturated heterocycles. The van der Waals surface area contributed by atoms with Crippen molar-refractivity contribution >= 4 is 17.5 Å². The third kappa shape index (κ3) is 4.84. The van der Waals surface area contributed by atoms with Gasteiger partial charge in [-0.3, -0.25) is 9.59 Å². The summed E-state index contributed by atoms with van der Waals surface area (Å²) in [5, 5.41) is 11.3. The molecule has 10 heteroatoms. The smallest absolute Gasteiger partial charge is 0.352 e. The van der Waals surface area contributed by atoms with E-state index in [0.717, 1.165) is 23.1 Å². The number of likely N-dealkylation sites (tertiary alicyclic amines) is 1. The van der Waals surface area contributed by atoms with Crippen LogP contribution in [0.1, 0.15) is 28.8 Å². The number of nitrogens with zero attached hydrogens (tertiary/aromatic N) is 1. The number of benzene rings is 2. The molecule has 1 fully saturated rings. The highest BCUT2D eigenvalue weighted by Gasteiger charge is 2.46. The van der Waals surface area contributed by atoms with Gasteiger partial charge in [0.05, 0.1) is 5.56 Å². The second-order valence-corrected chi connectivity index (χ2v) is 7.27. The maximum atomic E-state index is 14.8. The average Bonchev–Trinajstić information content (AvgIpc) is 2.76. The Hall–Kier alpha value is -3.01. The zero-order valence-corrected chi connectivity index (χ0v) is 16.2. The molecule has 0 aliphatic carbocycles. The predicted octanol–water partition coefficient (Wildman–Crippen LogP) is 3.68. The van der Waals surface area contributed by atoms with Crippen molar-refractivity contribution in [2.45, 2.75) is 18.8 Å². The van der Waals surface area contributed by atoms with Crippen molar-refractivity contribution in [2.75, 3.05) is 25.0 Å². The van der Waals surface area contributed by atoms with Gasteiger partial charge >= 0.3 is 5.92 Å². The number of hydrogen-bond donors (Lipinski definition) is 2. The van der Waals surface area contributed by atoms with E-state index in [4.69, 9.17) is 5.11 Å². The standard InChI is InChI=1S/C21H19F5N2O3/c22-16-3-1-13(19(30)27-14-2-4-17(23)18(24)10-14)9-15(16)21(25,26)20(31)28-7-5-12(11-29)6-8-28/h1-4,9-10,12,29H,5-8,11H2,(H,27,30). The second kappa shape index (κ2) is 9.01. The predicted molar refractivity (Wildman–Crippen MR) is 101 cm³/mol. The Balaban J connectivity index is 1.81. The van der Waals surface area contributed by atoms with Crippen LogP contribution in [0.15, 0.2) is 36.4 Å². The summed E-state index contributed by atoms with van der Waals surface area (Å²) in [4.78, 5) is 25.6. The first kappa shape index (κ1) is 22.7. The number of nitrogens with one attached hydrogen (secondary N) is 1. The average molecular weight is 442 g/mol. The fraction of sp³-hybridized carbons (Fsp3) is 0.333. The zero-order valence-electron chi connectivity index (χ0n) is 16.2. The Bertz CT molecular complexity index is 991. The van der Waals surface area contributed by atoms with Crippen molar-refractivity contribution in [3.8, 4) is 0 Å². The van der Waals surface area contributed by atoms with Crippen molar-refractivity contribution in [1.82, 2.24) is 4.90 Å². The number of anilines is 1. The summed E-state index contributed by atoms with van der Waals surface area (Å²) < 4.78 is 70.2. The Kier molecular flexibility index (Phi) is 6.59. The van der Waals surface area contributed by atoms with Crippen LogP contribution in [-0.4, -0.2) is 41.5 Å². The number of amides is 2. The lowest BCUT2D eigenvalue weighted by Crippen LogP contribution is -2.46.